The van der Waals surface area contributed by atoms with Gasteiger partial charge in [-0.15, -0.1) is 0 Å². The molecule has 1 aromatic carbocycles. The molecule has 0 radical (unpaired) electrons. The van der Waals surface area contributed by atoms with Crippen LogP contribution < -0.4 is 10.6 Å². The molecule has 0 spiro atoms. The van der Waals surface area contributed by atoms with Crippen molar-refractivity contribution in [2.45, 2.75) is 40.0 Å². The Morgan fingerprint density at radius 2 is 1.88 bits per heavy atom. The highest BCUT2D eigenvalue weighted by molar-refractivity contribution is 5.83. The molecule has 1 heterocycles. The van der Waals surface area contributed by atoms with Crippen molar-refractivity contribution in [2.24, 2.45) is 11.3 Å². The zero-order chi connectivity index (χ0) is 18.3. The monoisotopic (exact) mass is 345 g/mol. The summed E-state index contributed by atoms with van der Waals surface area (Å²) in [5.74, 6) is 0.130. The minimum absolute atomic E-state index is 0.0751. The molecule has 0 bridgehead atoms. The van der Waals surface area contributed by atoms with E-state index in [0.29, 0.717) is 13.1 Å². The number of carbonyl (C=O) groups excluding carboxylic acids is 2. The van der Waals surface area contributed by atoms with Gasteiger partial charge in [0.05, 0.1) is 5.92 Å². The van der Waals surface area contributed by atoms with Gasteiger partial charge in [-0.2, -0.15) is 0 Å². The molecule has 0 aromatic heterocycles. The molecule has 0 saturated carbocycles. The molecule has 1 atom stereocenters. The van der Waals surface area contributed by atoms with E-state index in [4.69, 9.17) is 0 Å². The number of nitrogens with one attached hydrogen (secondary N) is 2. The zero-order valence-electron chi connectivity index (χ0n) is 15.7. The summed E-state index contributed by atoms with van der Waals surface area (Å²) in [6.07, 6.45) is 2.63. The lowest BCUT2D eigenvalue weighted by atomic mass is 9.91. The zero-order valence-corrected chi connectivity index (χ0v) is 15.7. The van der Waals surface area contributed by atoms with Gasteiger partial charge in [0.25, 0.3) is 0 Å². The second kappa shape index (κ2) is 8.88. The Bertz CT molecular complexity index is 566. The van der Waals surface area contributed by atoms with Crippen molar-refractivity contribution in [2.75, 3.05) is 31.5 Å². The number of para-hydroxylation sites is 1. The summed E-state index contributed by atoms with van der Waals surface area (Å²) in [6.45, 7) is 8.58. The molecule has 5 nitrogen and oxygen atoms in total. The fraction of sp³-hybridized carbons (Fsp3) is 0.600. The second-order valence-electron chi connectivity index (χ2n) is 7.78. The number of carbonyl (C=O) groups is 2. The first-order chi connectivity index (χ1) is 11.9. The normalized spacial score (nSPS) is 17.9. The van der Waals surface area contributed by atoms with Crippen molar-refractivity contribution >= 4 is 17.5 Å². The Morgan fingerprint density at radius 3 is 2.56 bits per heavy atom. The number of nitrogens with zero attached hydrogens (tertiary/aromatic N) is 1. The van der Waals surface area contributed by atoms with E-state index >= 15 is 0 Å². The third kappa shape index (κ3) is 6.07. The van der Waals surface area contributed by atoms with Crippen LogP contribution >= 0.6 is 0 Å². The fourth-order valence-corrected chi connectivity index (χ4v) is 3.08. The highest BCUT2D eigenvalue weighted by Gasteiger charge is 2.33. The van der Waals surface area contributed by atoms with Crippen molar-refractivity contribution < 1.29 is 9.59 Å². The minimum atomic E-state index is -0.387. The Balaban J connectivity index is 1.69. The van der Waals surface area contributed by atoms with Gasteiger partial charge in [0.2, 0.25) is 11.8 Å². The van der Waals surface area contributed by atoms with E-state index in [1.165, 1.54) is 0 Å². The Morgan fingerprint density at radius 1 is 1.16 bits per heavy atom. The van der Waals surface area contributed by atoms with Crippen LogP contribution in [0.5, 0.6) is 0 Å². The van der Waals surface area contributed by atoms with E-state index in [2.05, 4.69) is 10.6 Å². The predicted octanol–water partition coefficient (Wildman–Crippen LogP) is 2.89. The number of rotatable bonds is 6. The van der Waals surface area contributed by atoms with Crippen molar-refractivity contribution in [1.29, 1.82) is 0 Å². The predicted molar refractivity (Wildman–Crippen MR) is 101 cm³/mol. The fourth-order valence-electron chi connectivity index (χ4n) is 3.08. The number of anilines is 1. The first-order valence-corrected chi connectivity index (χ1v) is 9.24. The minimum Gasteiger partial charge on any atom is -0.385 e. The maximum Gasteiger partial charge on any atom is 0.227 e. The third-order valence-corrected chi connectivity index (χ3v) is 4.48. The van der Waals surface area contributed by atoms with Crippen LogP contribution in [-0.4, -0.2) is 42.9 Å². The molecule has 1 fully saturated rings. The molecule has 0 aliphatic carbocycles. The molecule has 25 heavy (non-hydrogen) atoms. The van der Waals surface area contributed by atoms with Crippen molar-refractivity contribution in [3.05, 3.63) is 30.3 Å². The number of hydrogen-bond acceptors (Lipinski definition) is 3. The standard InChI is InChI=1S/C20H31N3O2/c1-20(2,3)19(25)23-14-7-9-16(15-23)18(24)22-13-8-12-21-17-10-5-4-6-11-17/h4-6,10-11,16,21H,7-9,12-15H2,1-3H3,(H,22,24). The largest absolute Gasteiger partial charge is 0.385 e. The molecule has 5 heteroatoms. The average molecular weight is 345 g/mol. The lowest BCUT2D eigenvalue weighted by Crippen LogP contribution is -2.48. The van der Waals surface area contributed by atoms with E-state index in [1.54, 1.807) is 0 Å². The van der Waals surface area contributed by atoms with Crippen LogP contribution in [-0.2, 0) is 9.59 Å². The van der Waals surface area contributed by atoms with E-state index in [1.807, 2.05) is 56.0 Å². The second-order valence-corrected chi connectivity index (χ2v) is 7.78. The number of hydrogen-bond donors (Lipinski definition) is 2. The highest BCUT2D eigenvalue weighted by Crippen LogP contribution is 2.23. The molecule has 138 valence electrons. The summed E-state index contributed by atoms with van der Waals surface area (Å²) in [5.41, 5.74) is 0.707. The Hall–Kier alpha value is -2.04. The van der Waals surface area contributed by atoms with Gasteiger partial charge in [-0.1, -0.05) is 39.0 Å². The summed E-state index contributed by atoms with van der Waals surface area (Å²) >= 11 is 0. The van der Waals surface area contributed by atoms with Gasteiger partial charge >= 0.3 is 0 Å². The Kier molecular flexibility index (Phi) is 6.85. The van der Waals surface area contributed by atoms with Crippen molar-refractivity contribution in [3.63, 3.8) is 0 Å². The molecule has 1 unspecified atom stereocenters. The van der Waals surface area contributed by atoms with Gasteiger partial charge < -0.3 is 15.5 Å². The van der Waals surface area contributed by atoms with E-state index in [0.717, 1.165) is 38.0 Å². The number of benzene rings is 1. The van der Waals surface area contributed by atoms with Crippen LogP contribution in [0.3, 0.4) is 0 Å². The third-order valence-electron chi connectivity index (χ3n) is 4.48. The van der Waals surface area contributed by atoms with Crippen LogP contribution in [0.25, 0.3) is 0 Å². The summed E-state index contributed by atoms with van der Waals surface area (Å²) in [6, 6.07) is 10.0. The molecule has 1 aliphatic rings. The summed E-state index contributed by atoms with van der Waals surface area (Å²) < 4.78 is 0. The van der Waals surface area contributed by atoms with Gasteiger partial charge in [-0.3, -0.25) is 9.59 Å². The molecule has 1 aromatic rings. The van der Waals surface area contributed by atoms with E-state index < -0.39 is 0 Å². The van der Waals surface area contributed by atoms with Crippen LogP contribution in [0.1, 0.15) is 40.0 Å². The molecular formula is C20H31N3O2. The van der Waals surface area contributed by atoms with Crippen LogP contribution in [0.2, 0.25) is 0 Å². The van der Waals surface area contributed by atoms with Crippen molar-refractivity contribution in [1.82, 2.24) is 10.2 Å². The molecule has 2 N–H and O–H groups in total. The van der Waals surface area contributed by atoms with Gasteiger partial charge in [0.1, 0.15) is 0 Å². The molecule has 2 rings (SSSR count). The molecule has 1 aliphatic heterocycles. The topological polar surface area (TPSA) is 61.4 Å². The maximum absolute atomic E-state index is 12.4. The first-order valence-electron chi connectivity index (χ1n) is 9.24. The lowest BCUT2D eigenvalue weighted by Gasteiger charge is -2.35. The van der Waals surface area contributed by atoms with E-state index in [-0.39, 0.29) is 23.1 Å². The van der Waals surface area contributed by atoms with Gasteiger partial charge in [0, 0.05) is 37.3 Å². The summed E-state index contributed by atoms with van der Waals surface area (Å²) in [5, 5.41) is 6.35. The summed E-state index contributed by atoms with van der Waals surface area (Å²) in [7, 11) is 0. The highest BCUT2D eigenvalue weighted by atomic mass is 16.2. The van der Waals surface area contributed by atoms with E-state index in [9.17, 15) is 9.59 Å². The SMILES string of the molecule is CC(C)(C)C(=O)N1CCCC(C(=O)NCCCNc2ccccc2)C1. The molecule has 2 amide bonds. The molecule has 1 saturated heterocycles. The summed E-state index contributed by atoms with van der Waals surface area (Å²) in [4.78, 5) is 26.6. The Labute approximate surface area is 151 Å². The number of amides is 2. The van der Waals surface area contributed by atoms with Gasteiger partial charge in [-0.05, 0) is 31.4 Å². The molecular weight excluding hydrogens is 314 g/mol. The number of piperidine rings is 1. The van der Waals surface area contributed by atoms with Crippen molar-refractivity contribution in [3.8, 4) is 0 Å². The van der Waals surface area contributed by atoms with Gasteiger partial charge in [-0.25, -0.2) is 0 Å². The average Bonchev–Trinajstić information content (AvgIpc) is 2.61. The van der Waals surface area contributed by atoms with Crippen LogP contribution in [0, 0.1) is 11.3 Å². The van der Waals surface area contributed by atoms with Gasteiger partial charge in [0.15, 0.2) is 0 Å². The smallest absolute Gasteiger partial charge is 0.227 e. The number of likely N-dealkylation sites (tertiary alicyclic amines) is 1. The lowest BCUT2D eigenvalue weighted by molar-refractivity contribution is -0.142. The quantitative estimate of drug-likeness (QED) is 0.779. The maximum atomic E-state index is 12.4. The van der Waals surface area contributed by atoms with Crippen LogP contribution in [0.15, 0.2) is 30.3 Å². The first kappa shape index (κ1) is 19.3. The van der Waals surface area contributed by atoms with Crippen LogP contribution in [0.4, 0.5) is 5.69 Å².